The number of halogens is 2. The number of carbonyl (C=O) groups is 1. The molecule has 0 saturated carbocycles. The Balaban J connectivity index is 1.86. The molecule has 0 unspecified atom stereocenters. The van der Waals surface area contributed by atoms with E-state index < -0.39 is 0 Å². The number of carbonyl (C=O) groups excluding carboxylic acids is 1. The summed E-state index contributed by atoms with van der Waals surface area (Å²) >= 11 is 13.0. The van der Waals surface area contributed by atoms with Crippen LogP contribution in [0.4, 0.5) is 0 Å². The predicted molar refractivity (Wildman–Crippen MR) is 86.2 cm³/mol. The summed E-state index contributed by atoms with van der Waals surface area (Å²) in [4.78, 5) is 23.3. The maximum atomic E-state index is 11.8. The molecule has 1 amide bonds. The van der Waals surface area contributed by atoms with Gasteiger partial charge in [0.05, 0.1) is 0 Å². The molecule has 1 aromatic heterocycles. The molecule has 0 aliphatic heterocycles. The highest BCUT2D eigenvalue weighted by Crippen LogP contribution is 2.20. The highest BCUT2D eigenvalue weighted by molar-refractivity contribution is 7.07. The van der Waals surface area contributed by atoms with Crippen LogP contribution in [-0.4, -0.2) is 10.5 Å². The van der Waals surface area contributed by atoms with Crippen molar-refractivity contribution in [3.63, 3.8) is 0 Å². The van der Waals surface area contributed by atoms with Gasteiger partial charge in [0.25, 0.3) is 0 Å². The van der Waals surface area contributed by atoms with Crippen LogP contribution < -0.4 is 10.2 Å². The summed E-state index contributed by atoms with van der Waals surface area (Å²) in [5, 5.41) is 5.65. The molecule has 0 spiro atoms. The Bertz CT molecular complexity index is 709. The zero-order valence-corrected chi connectivity index (χ0v) is 13.7. The van der Waals surface area contributed by atoms with Crippen LogP contribution in [0.1, 0.15) is 17.7 Å². The van der Waals surface area contributed by atoms with Crippen molar-refractivity contribution in [1.82, 2.24) is 9.88 Å². The van der Waals surface area contributed by atoms with Crippen LogP contribution in [0.25, 0.3) is 0 Å². The minimum absolute atomic E-state index is 0.0407. The van der Waals surface area contributed by atoms with E-state index in [4.69, 9.17) is 23.2 Å². The SMILES string of the molecule is Cc1csc(=O)n1CCC(=O)NCc1ccc(Cl)cc1Cl. The first-order valence-electron chi connectivity index (χ1n) is 6.33. The lowest BCUT2D eigenvalue weighted by molar-refractivity contribution is -0.121. The fourth-order valence-electron chi connectivity index (χ4n) is 1.84. The van der Waals surface area contributed by atoms with Crippen LogP contribution in [0.3, 0.4) is 0 Å². The predicted octanol–water partition coefficient (Wildman–Crippen LogP) is 3.23. The van der Waals surface area contributed by atoms with Gasteiger partial charge in [-0.25, -0.2) is 0 Å². The van der Waals surface area contributed by atoms with E-state index in [1.165, 1.54) is 0 Å². The van der Waals surface area contributed by atoms with E-state index in [2.05, 4.69) is 5.32 Å². The van der Waals surface area contributed by atoms with Crippen LogP contribution in [0.15, 0.2) is 28.4 Å². The first kappa shape index (κ1) is 16.1. The molecule has 0 atom stereocenters. The Hall–Kier alpha value is -1.30. The molecule has 112 valence electrons. The van der Waals surface area contributed by atoms with Crippen molar-refractivity contribution >= 4 is 40.4 Å². The van der Waals surface area contributed by atoms with Gasteiger partial charge in [-0.15, -0.1) is 0 Å². The monoisotopic (exact) mass is 344 g/mol. The van der Waals surface area contributed by atoms with E-state index in [0.717, 1.165) is 22.6 Å². The van der Waals surface area contributed by atoms with Crippen molar-refractivity contribution < 1.29 is 4.79 Å². The van der Waals surface area contributed by atoms with Gasteiger partial charge in [-0.1, -0.05) is 40.6 Å². The fraction of sp³-hybridized carbons (Fsp3) is 0.286. The molecule has 4 nitrogen and oxygen atoms in total. The molecule has 0 bridgehead atoms. The normalized spacial score (nSPS) is 10.6. The van der Waals surface area contributed by atoms with Gasteiger partial charge in [0.15, 0.2) is 0 Å². The standard InChI is InChI=1S/C14H14Cl2N2O2S/c1-9-8-21-14(20)18(9)5-4-13(19)17-7-10-2-3-11(15)6-12(10)16/h2-3,6,8H,4-5,7H2,1H3,(H,17,19). The number of amides is 1. The number of rotatable bonds is 5. The number of nitrogens with zero attached hydrogens (tertiary/aromatic N) is 1. The topological polar surface area (TPSA) is 51.1 Å². The molecular weight excluding hydrogens is 331 g/mol. The molecular formula is C14H14Cl2N2O2S. The molecule has 1 N–H and O–H groups in total. The number of thiazole rings is 1. The lowest BCUT2D eigenvalue weighted by atomic mass is 10.2. The Morgan fingerprint density at radius 2 is 2.14 bits per heavy atom. The summed E-state index contributed by atoms with van der Waals surface area (Å²) in [5.74, 6) is -0.126. The number of aromatic nitrogens is 1. The third kappa shape index (κ3) is 4.33. The number of nitrogens with one attached hydrogen (secondary N) is 1. The second-order valence-electron chi connectivity index (χ2n) is 4.56. The Morgan fingerprint density at radius 1 is 1.38 bits per heavy atom. The lowest BCUT2D eigenvalue weighted by Crippen LogP contribution is -2.26. The van der Waals surface area contributed by atoms with Crippen molar-refractivity contribution in [3.05, 3.63) is 54.5 Å². The summed E-state index contributed by atoms with van der Waals surface area (Å²) in [6, 6.07) is 5.14. The first-order valence-corrected chi connectivity index (χ1v) is 7.96. The molecule has 1 heterocycles. The van der Waals surface area contributed by atoms with E-state index in [-0.39, 0.29) is 17.2 Å². The van der Waals surface area contributed by atoms with Gasteiger partial charge < -0.3 is 9.88 Å². The van der Waals surface area contributed by atoms with Gasteiger partial charge in [-0.2, -0.15) is 0 Å². The van der Waals surface area contributed by atoms with Crippen LogP contribution in [0.5, 0.6) is 0 Å². The molecule has 0 saturated heterocycles. The summed E-state index contributed by atoms with van der Waals surface area (Å²) in [7, 11) is 0. The summed E-state index contributed by atoms with van der Waals surface area (Å²) in [6.07, 6.45) is 0.253. The minimum atomic E-state index is -0.126. The maximum Gasteiger partial charge on any atom is 0.307 e. The molecule has 0 aliphatic carbocycles. The largest absolute Gasteiger partial charge is 0.352 e. The van der Waals surface area contributed by atoms with Gasteiger partial charge in [-0.05, 0) is 24.6 Å². The van der Waals surface area contributed by atoms with Crippen LogP contribution in [-0.2, 0) is 17.9 Å². The van der Waals surface area contributed by atoms with Crippen LogP contribution in [0, 0.1) is 6.92 Å². The Morgan fingerprint density at radius 3 is 2.76 bits per heavy atom. The Labute approximate surface area is 136 Å². The second-order valence-corrected chi connectivity index (χ2v) is 6.22. The van der Waals surface area contributed by atoms with Gasteiger partial charge in [-0.3, -0.25) is 9.59 Å². The molecule has 0 aliphatic rings. The quantitative estimate of drug-likeness (QED) is 0.905. The van der Waals surface area contributed by atoms with Crippen molar-refractivity contribution in [1.29, 1.82) is 0 Å². The molecule has 21 heavy (non-hydrogen) atoms. The van der Waals surface area contributed by atoms with E-state index in [1.807, 2.05) is 6.92 Å². The zero-order valence-electron chi connectivity index (χ0n) is 11.4. The molecule has 2 aromatic rings. The molecule has 0 fully saturated rings. The zero-order chi connectivity index (χ0) is 15.4. The highest BCUT2D eigenvalue weighted by atomic mass is 35.5. The number of hydrogen-bond acceptors (Lipinski definition) is 3. The van der Waals surface area contributed by atoms with Crippen molar-refractivity contribution in [3.8, 4) is 0 Å². The first-order chi connectivity index (χ1) is 9.97. The fourth-order valence-corrected chi connectivity index (χ4v) is 3.07. The van der Waals surface area contributed by atoms with Crippen molar-refractivity contribution in [2.75, 3.05) is 0 Å². The van der Waals surface area contributed by atoms with Crippen molar-refractivity contribution in [2.24, 2.45) is 0 Å². The smallest absolute Gasteiger partial charge is 0.307 e. The highest BCUT2D eigenvalue weighted by Gasteiger charge is 2.07. The van der Waals surface area contributed by atoms with Crippen LogP contribution in [0.2, 0.25) is 10.0 Å². The van der Waals surface area contributed by atoms with Gasteiger partial charge in [0.1, 0.15) is 0 Å². The average molecular weight is 345 g/mol. The Kier molecular flexibility index (Phi) is 5.45. The van der Waals surface area contributed by atoms with Crippen LogP contribution >= 0.6 is 34.5 Å². The number of aryl methyl sites for hydroxylation is 1. The van der Waals surface area contributed by atoms with Gasteiger partial charge in [0.2, 0.25) is 5.91 Å². The third-order valence-electron chi connectivity index (χ3n) is 3.03. The second kappa shape index (κ2) is 7.11. The summed E-state index contributed by atoms with van der Waals surface area (Å²) < 4.78 is 1.60. The summed E-state index contributed by atoms with van der Waals surface area (Å²) in [5.41, 5.74) is 1.68. The van der Waals surface area contributed by atoms with Gasteiger partial charge >= 0.3 is 4.87 Å². The molecule has 1 aromatic carbocycles. The minimum Gasteiger partial charge on any atom is -0.352 e. The van der Waals surface area contributed by atoms with Gasteiger partial charge in [0, 0.05) is 40.6 Å². The maximum absolute atomic E-state index is 11.8. The van der Waals surface area contributed by atoms with E-state index in [1.54, 1.807) is 28.1 Å². The van der Waals surface area contributed by atoms with E-state index in [0.29, 0.717) is 23.1 Å². The number of hydrogen-bond donors (Lipinski definition) is 1. The summed E-state index contributed by atoms with van der Waals surface area (Å²) in [6.45, 7) is 2.57. The molecule has 2 rings (SSSR count). The third-order valence-corrected chi connectivity index (χ3v) is 4.50. The molecule has 7 heteroatoms. The number of benzene rings is 1. The van der Waals surface area contributed by atoms with E-state index in [9.17, 15) is 9.59 Å². The average Bonchev–Trinajstić information content (AvgIpc) is 2.75. The van der Waals surface area contributed by atoms with Crippen molar-refractivity contribution in [2.45, 2.75) is 26.4 Å². The van der Waals surface area contributed by atoms with E-state index >= 15 is 0 Å². The lowest BCUT2D eigenvalue weighted by Gasteiger charge is -2.08. The molecule has 0 radical (unpaired) electrons.